The molecular weight excluding hydrogens is 427 g/mol. The molecule has 2 aliphatic heterocycles. The van der Waals surface area contributed by atoms with Gasteiger partial charge in [0, 0.05) is 41.4 Å². The van der Waals surface area contributed by atoms with Gasteiger partial charge in [0.05, 0.1) is 11.4 Å². The summed E-state index contributed by atoms with van der Waals surface area (Å²) < 4.78 is 0. The van der Waals surface area contributed by atoms with Crippen molar-refractivity contribution in [3.8, 4) is 0 Å². The van der Waals surface area contributed by atoms with E-state index in [0.29, 0.717) is 24.0 Å². The minimum Gasteiger partial charge on any atom is -0.684 e. The zero-order valence-electron chi connectivity index (χ0n) is 18.6. The maximum Gasteiger partial charge on any atom is 0.0706 e. The van der Waals surface area contributed by atoms with Gasteiger partial charge >= 0.3 is 0 Å². The molecule has 9 heteroatoms. The van der Waals surface area contributed by atoms with Crippen molar-refractivity contribution in [2.24, 2.45) is 10.3 Å². The molecule has 0 aromatic carbocycles. The topological polar surface area (TPSA) is 107 Å². The molecule has 2 aliphatic rings. The summed E-state index contributed by atoms with van der Waals surface area (Å²) in [4.78, 5) is 1.98. The van der Waals surface area contributed by atoms with Crippen LogP contribution in [0.5, 0.6) is 0 Å². The maximum atomic E-state index is 8.68. The predicted molar refractivity (Wildman–Crippen MR) is 120 cm³/mol. The molecule has 0 aromatic rings. The largest absolute Gasteiger partial charge is 0.684 e. The molecule has 2 heterocycles. The van der Waals surface area contributed by atoms with E-state index in [-0.39, 0.29) is 28.9 Å². The average molecular weight is 466 g/mol. The Balaban J connectivity index is 0.000000544. The number of nitrogens with zero attached hydrogens (tertiary/aromatic N) is 4. The van der Waals surface area contributed by atoms with Gasteiger partial charge in [-0.05, 0) is 53.6 Å². The summed E-state index contributed by atoms with van der Waals surface area (Å²) in [5.41, 5.74) is 2.42. The second-order valence-corrected chi connectivity index (χ2v) is 7.61. The van der Waals surface area contributed by atoms with Gasteiger partial charge in [-0.3, -0.25) is 7.05 Å². The minimum absolute atomic E-state index is 0. The molecule has 4 N–H and O–H groups in total. The van der Waals surface area contributed by atoms with E-state index in [1.54, 1.807) is 6.92 Å². The summed E-state index contributed by atoms with van der Waals surface area (Å²) in [6.45, 7) is 11.0. The van der Waals surface area contributed by atoms with Gasteiger partial charge < -0.3 is 31.3 Å². The Morgan fingerprint density at radius 3 is 2.53 bits per heavy atom. The third kappa shape index (κ3) is 11.1. The molecule has 0 aliphatic carbocycles. The molecule has 3 atom stereocenters. The van der Waals surface area contributed by atoms with Gasteiger partial charge in [0.15, 0.2) is 0 Å². The molecule has 0 bridgehead atoms. The van der Waals surface area contributed by atoms with Gasteiger partial charge in [-0.15, -0.1) is 18.3 Å². The third-order valence-corrected chi connectivity index (χ3v) is 5.38. The first-order chi connectivity index (χ1) is 13.9. The van der Waals surface area contributed by atoms with E-state index in [4.69, 9.17) is 10.4 Å². The van der Waals surface area contributed by atoms with E-state index < -0.39 is 0 Å². The average Bonchev–Trinajstić information content (AvgIpc) is 2.77. The molecule has 3 unspecified atom stereocenters. The smallest absolute Gasteiger partial charge is 0.0706 e. The second-order valence-electron chi connectivity index (χ2n) is 7.61. The number of nitrogens with one attached hydrogen (secondary N) is 2. The minimum atomic E-state index is 0. The number of hydrogen-bond donors (Lipinski definition) is 4. The fraction of sp³-hybridized carbons (Fsp3) is 0.667. The number of piperidine rings is 1. The summed E-state index contributed by atoms with van der Waals surface area (Å²) in [6.07, 6.45) is 9.78. The maximum absolute atomic E-state index is 8.68. The predicted octanol–water partition coefficient (Wildman–Crippen LogP) is 3.10. The molecule has 0 aromatic heterocycles. The number of oxime groups is 2. The zero-order valence-corrected chi connectivity index (χ0v) is 19.7. The standard InChI is InChI=1S/C11H22N3O.C10H16N3O.Co/c1-9(13-15)10(2)14(3)8-11-6-4-5-7-12-11;1-8(9(2)13-14)12-7-10-5-3-4-6-11-10;/h10-12,15H,3-8H2,1-2H3;3-5,8,12,14H,6-7H2,1-2H3;/q2*-1;. The molecule has 30 heavy (non-hydrogen) atoms. The van der Waals surface area contributed by atoms with Gasteiger partial charge in [-0.1, -0.05) is 28.9 Å². The van der Waals surface area contributed by atoms with Gasteiger partial charge in [0.1, 0.15) is 0 Å². The first-order valence-electron chi connectivity index (χ1n) is 10.3. The van der Waals surface area contributed by atoms with Crippen molar-refractivity contribution in [3.63, 3.8) is 0 Å². The Morgan fingerprint density at radius 2 is 2.00 bits per heavy atom. The normalized spacial score (nSPS) is 21.5. The van der Waals surface area contributed by atoms with E-state index in [9.17, 15) is 0 Å². The quantitative estimate of drug-likeness (QED) is 0.191. The van der Waals surface area contributed by atoms with Gasteiger partial charge in [-0.2, -0.15) is 0 Å². The molecule has 175 valence electrons. The van der Waals surface area contributed by atoms with Crippen molar-refractivity contribution in [2.45, 2.75) is 65.1 Å². The van der Waals surface area contributed by atoms with Gasteiger partial charge in [0.2, 0.25) is 0 Å². The molecule has 8 nitrogen and oxygen atoms in total. The zero-order chi connectivity index (χ0) is 21.6. The Labute approximate surface area is 192 Å². The van der Waals surface area contributed by atoms with Crippen LogP contribution in [0.1, 0.15) is 47.0 Å². The fourth-order valence-electron chi connectivity index (χ4n) is 2.94. The molecular formula is C21H38CoN6O2-2. The van der Waals surface area contributed by atoms with Crippen LogP contribution in [-0.2, 0) is 16.8 Å². The third-order valence-electron chi connectivity index (χ3n) is 5.38. The second kappa shape index (κ2) is 16.3. The van der Waals surface area contributed by atoms with Crippen LogP contribution in [0.25, 0.3) is 5.32 Å². The summed E-state index contributed by atoms with van der Waals surface area (Å²) >= 11 is 0. The summed E-state index contributed by atoms with van der Waals surface area (Å²) in [6, 6.07) is 0.700. The van der Waals surface area contributed by atoms with Crippen molar-refractivity contribution < 1.29 is 27.2 Å². The molecule has 2 rings (SSSR count). The van der Waals surface area contributed by atoms with Gasteiger partial charge in [-0.25, -0.2) is 0 Å². The monoisotopic (exact) mass is 465 g/mol. The van der Waals surface area contributed by atoms with Crippen LogP contribution < -0.4 is 10.6 Å². The summed E-state index contributed by atoms with van der Waals surface area (Å²) in [7, 11) is 4.00. The van der Waals surface area contributed by atoms with Crippen molar-refractivity contribution in [3.05, 3.63) is 36.3 Å². The Kier molecular flexibility index (Phi) is 15.6. The van der Waals surface area contributed by atoms with Crippen LogP contribution in [0, 0.1) is 7.05 Å². The van der Waals surface area contributed by atoms with Crippen LogP contribution >= 0.6 is 0 Å². The van der Waals surface area contributed by atoms with Crippen LogP contribution in [0.15, 0.2) is 34.2 Å². The number of hydrogen-bond acceptors (Lipinski definition) is 7. The SMILES string of the molecule is CC(=NO)C(C)NCC1=CC=CC[N-]1.[CH2-]N(CC1CCCCN1)C(C)C(C)=NO.[Co]. The van der Waals surface area contributed by atoms with E-state index in [2.05, 4.69) is 33.3 Å². The van der Waals surface area contributed by atoms with E-state index in [1.807, 2.05) is 43.9 Å². The van der Waals surface area contributed by atoms with E-state index in [1.165, 1.54) is 19.3 Å². The Bertz CT molecular complexity index is 588. The molecule has 0 saturated carbocycles. The van der Waals surface area contributed by atoms with Crippen LogP contribution in [0.4, 0.5) is 0 Å². The first kappa shape index (κ1) is 28.6. The van der Waals surface area contributed by atoms with Gasteiger partial charge in [0.25, 0.3) is 0 Å². The summed E-state index contributed by atoms with van der Waals surface area (Å²) in [5, 5.41) is 34.6. The van der Waals surface area contributed by atoms with Crippen molar-refractivity contribution in [2.75, 3.05) is 26.2 Å². The van der Waals surface area contributed by atoms with Crippen molar-refractivity contribution >= 4 is 11.4 Å². The van der Waals surface area contributed by atoms with Crippen LogP contribution in [0.2, 0.25) is 0 Å². The van der Waals surface area contributed by atoms with E-state index >= 15 is 0 Å². The Morgan fingerprint density at radius 1 is 1.30 bits per heavy atom. The molecule has 1 saturated heterocycles. The van der Waals surface area contributed by atoms with Crippen LogP contribution in [0.3, 0.4) is 0 Å². The first-order valence-corrected chi connectivity index (χ1v) is 10.3. The number of rotatable bonds is 8. The number of allylic oxidation sites excluding steroid dienone is 2. The van der Waals surface area contributed by atoms with E-state index in [0.717, 1.165) is 25.3 Å². The molecule has 0 amide bonds. The van der Waals surface area contributed by atoms with Crippen molar-refractivity contribution in [1.82, 2.24) is 15.5 Å². The molecule has 1 fully saturated rings. The van der Waals surface area contributed by atoms with Crippen LogP contribution in [-0.4, -0.2) is 71.0 Å². The Hall–Kier alpha value is -1.39. The molecule has 1 radical (unpaired) electrons. The molecule has 0 spiro atoms. The fourth-order valence-corrected chi connectivity index (χ4v) is 2.94. The summed E-state index contributed by atoms with van der Waals surface area (Å²) in [5.74, 6) is 0. The van der Waals surface area contributed by atoms with Crippen molar-refractivity contribution in [1.29, 1.82) is 0 Å².